The van der Waals surface area contributed by atoms with Crippen LogP contribution in [0.1, 0.15) is 45.1 Å². The van der Waals surface area contributed by atoms with Crippen LogP contribution in [0.25, 0.3) is 0 Å². The average molecular weight is 367 g/mol. The fraction of sp³-hybridized carbons (Fsp3) is 0.579. The molecule has 1 atom stereocenters. The zero-order chi connectivity index (χ0) is 18.6. The first kappa shape index (κ1) is 19.8. The molecule has 0 bridgehead atoms. The first-order valence-electron chi connectivity index (χ1n) is 8.76. The predicted molar refractivity (Wildman–Crippen MR) is 99.6 cm³/mol. The summed E-state index contributed by atoms with van der Waals surface area (Å²) >= 11 is 1.44. The first-order chi connectivity index (χ1) is 11.8. The summed E-state index contributed by atoms with van der Waals surface area (Å²) in [6.45, 7) is 8.89. The normalized spacial score (nSPS) is 17.6. The molecule has 4 nitrogen and oxygen atoms in total. The molecule has 2 amide bonds. The van der Waals surface area contributed by atoms with Crippen LogP contribution in [0.4, 0.5) is 4.39 Å². The van der Waals surface area contributed by atoms with Crippen LogP contribution in [0.5, 0.6) is 0 Å². The second-order valence-corrected chi connectivity index (χ2v) is 8.12. The molecule has 0 radical (unpaired) electrons. The van der Waals surface area contributed by atoms with Gasteiger partial charge in [-0.1, -0.05) is 32.0 Å². The summed E-state index contributed by atoms with van der Waals surface area (Å²) in [5, 5.41) is -0.317. The first-order valence-corrected chi connectivity index (χ1v) is 9.81. The van der Waals surface area contributed by atoms with Crippen molar-refractivity contribution in [3.8, 4) is 0 Å². The lowest BCUT2D eigenvalue weighted by Gasteiger charge is -2.31. The number of carbonyl (C=O) groups is 2. The second kappa shape index (κ2) is 8.70. The molecule has 0 aromatic heterocycles. The van der Waals surface area contributed by atoms with Gasteiger partial charge in [-0.15, -0.1) is 11.8 Å². The maximum absolute atomic E-state index is 14.1. The van der Waals surface area contributed by atoms with Crippen LogP contribution in [0.15, 0.2) is 24.3 Å². The summed E-state index contributed by atoms with van der Waals surface area (Å²) < 4.78 is 14.1. The minimum absolute atomic E-state index is 0.00160. The lowest BCUT2D eigenvalue weighted by atomic mass is 10.1. The number of rotatable bonds is 7. The fourth-order valence-corrected chi connectivity index (χ4v) is 4.22. The predicted octanol–water partition coefficient (Wildman–Crippen LogP) is 3.68. The molecule has 1 unspecified atom stereocenters. The Bertz CT molecular complexity index is 621. The van der Waals surface area contributed by atoms with Crippen molar-refractivity contribution >= 4 is 23.6 Å². The second-order valence-electron chi connectivity index (χ2n) is 7.05. The van der Waals surface area contributed by atoms with Gasteiger partial charge in [-0.2, -0.15) is 0 Å². The number of hydrogen-bond donors (Lipinski definition) is 0. The number of halogens is 1. The molecule has 0 N–H and O–H groups in total. The zero-order valence-electron chi connectivity index (χ0n) is 15.4. The summed E-state index contributed by atoms with van der Waals surface area (Å²) in [5.74, 6) is 0.450. The molecular formula is C19H27FN2O2S. The van der Waals surface area contributed by atoms with E-state index in [-0.39, 0.29) is 29.0 Å². The van der Waals surface area contributed by atoms with Crippen LogP contribution in [0.3, 0.4) is 0 Å². The van der Waals surface area contributed by atoms with Crippen molar-refractivity contribution in [2.45, 2.75) is 45.5 Å². The molecule has 6 heteroatoms. The van der Waals surface area contributed by atoms with Crippen molar-refractivity contribution in [3.63, 3.8) is 0 Å². The number of carbonyl (C=O) groups excluding carboxylic acids is 2. The molecule has 1 aromatic carbocycles. The third-order valence-corrected chi connectivity index (χ3v) is 5.49. The smallest absolute Gasteiger partial charge is 0.233 e. The van der Waals surface area contributed by atoms with Crippen LogP contribution in [-0.2, 0) is 9.59 Å². The highest BCUT2D eigenvalue weighted by molar-refractivity contribution is 8.00. The molecule has 0 aliphatic carbocycles. The maximum atomic E-state index is 14.1. The van der Waals surface area contributed by atoms with Crippen molar-refractivity contribution in [1.82, 2.24) is 9.80 Å². The highest BCUT2D eigenvalue weighted by atomic mass is 32.2. The number of benzene rings is 1. The van der Waals surface area contributed by atoms with Crippen LogP contribution < -0.4 is 0 Å². The van der Waals surface area contributed by atoms with E-state index in [9.17, 15) is 14.0 Å². The molecular weight excluding hydrogens is 339 g/mol. The van der Waals surface area contributed by atoms with E-state index in [1.165, 1.54) is 17.8 Å². The van der Waals surface area contributed by atoms with Crippen molar-refractivity contribution in [1.29, 1.82) is 0 Å². The Kier molecular flexibility index (Phi) is 6.87. The molecule has 0 saturated carbocycles. The van der Waals surface area contributed by atoms with E-state index in [0.29, 0.717) is 36.7 Å². The minimum Gasteiger partial charge on any atom is -0.338 e. The summed E-state index contributed by atoms with van der Waals surface area (Å²) in [7, 11) is 0. The van der Waals surface area contributed by atoms with Gasteiger partial charge in [0.25, 0.3) is 0 Å². The van der Waals surface area contributed by atoms with Crippen LogP contribution in [-0.4, -0.2) is 46.5 Å². The van der Waals surface area contributed by atoms with Gasteiger partial charge >= 0.3 is 0 Å². The van der Waals surface area contributed by atoms with Crippen LogP contribution in [0.2, 0.25) is 0 Å². The molecule has 25 heavy (non-hydrogen) atoms. The Morgan fingerprint density at radius 2 is 2.00 bits per heavy atom. The van der Waals surface area contributed by atoms with Crippen molar-refractivity contribution in [3.05, 3.63) is 35.6 Å². The topological polar surface area (TPSA) is 40.6 Å². The van der Waals surface area contributed by atoms with Crippen molar-refractivity contribution in [2.75, 3.05) is 18.8 Å². The molecule has 138 valence electrons. The van der Waals surface area contributed by atoms with Gasteiger partial charge in [0.05, 0.1) is 5.75 Å². The van der Waals surface area contributed by atoms with Gasteiger partial charge in [0.15, 0.2) is 0 Å². The summed E-state index contributed by atoms with van der Waals surface area (Å²) in [6, 6.07) is 6.65. The van der Waals surface area contributed by atoms with Gasteiger partial charge < -0.3 is 9.80 Å². The van der Waals surface area contributed by atoms with E-state index in [0.717, 1.165) is 0 Å². The quantitative estimate of drug-likeness (QED) is 0.739. The van der Waals surface area contributed by atoms with Crippen molar-refractivity contribution < 1.29 is 14.0 Å². The largest absolute Gasteiger partial charge is 0.338 e. The third kappa shape index (κ3) is 4.97. The highest BCUT2D eigenvalue weighted by Gasteiger charge is 2.34. The third-order valence-electron chi connectivity index (χ3n) is 4.25. The number of hydrogen-bond acceptors (Lipinski definition) is 3. The average Bonchev–Trinajstić information content (AvgIpc) is 2.88. The van der Waals surface area contributed by atoms with E-state index in [2.05, 4.69) is 0 Å². The van der Waals surface area contributed by atoms with E-state index in [1.54, 1.807) is 23.1 Å². The van der Waals surface area contributed by atoms with E-state index < -0.39 is 0 Å². The van der Waals surface area contributed by atoms with E-state index in [1.807, 2.05) is 32.6 Å². The Labute approximate surface area is 153 Å². The van der Waals surface area contributed by atoms with Crippen molar-refractivity contribution in [2.24, 2.45) is 5.92 Å². The molecule has 1 fully saturated rings. The van der Waals surface area contributed by atoms with E-state index in [4.69, 9.17) is 0 Å². The molecule has 1 aliphatic rings. The molecule has 1 saturated heterocycles. The summed E-state index contributed by atoms with van der Waals surface area (Å²) in [4.78, 5) is 28.2. The van der Waals surface area contributed by atoms with Crippen LogP contribution in [0, 0.1) is 11.7 Å². The molecule has 0 spiro atoms. The summed E-state index contributed by atoms with van der Waals surface area (Å²) in [5.41, 5.74) is 0.531. The van der Waals surface area contributed by atoms with Gasteiger partial charge in [0.2, 0.25) is 11.8 Å². The molecule has 2 rings (SSSR count). The minimum atomic E-state index is -0.317. The number of thioether (sulfide) groups is 1. The van der Waals surface area contributed by atoms with Gasteiger partial charge in [-0.25, -0.2) is 4.39 Å². The lowest BCUT2D eigenvalue weighted by Crippen LogP contribution is -2.43. The maximum Gasteiger partial charge on any atom is 0.233 e. The van der Waals surface area contributed by atoms with Gasteiger partial charge in [-0.3, -0.25) is 9.59 Å². The number of nitrogens with zero attached hydrogens (tertiary/aromatic N) is 2. The Morgan fingerprint density at radius 1 is 1.32 bits per heavy atom. The molecule has 1 heterocycles. The van der Waals surface area contributed by atoms with Gasteiger partial charge in [0, 0.05) is 31.1 Å². The number of amides is 2. The Morgan fingerprint density at radius 3 is 2.60 bits per heavy atom. The SMILES string of the molecule is CC(C)CC(=O)N(CCN1C(=O)CSC1c1ccccc1F)C(C)C. The lowest BCUT2D eigenvalue weighted by molar-refractivity contribution is -0.136. The molecule has 1 aromatic rings. The zero-order valence-corrected chi connectivity index (χ0v) is 16.2. The van der Waals surface area contributed by atoms with E-state index >= 15 is 0 Å². The van der Waals surface area contributed by atoms with Crippen LogP contribution >= 0.6 is 11.8 Å². The Balaban J connectivity index is 2.09. The molecule has 1 aliphatic heterocycles. The fourth-order valence-electron chi connectivity index (χ4n) is 2.98. The monoisotopic (exact) mass is 366 g/mol. The highest BCUT2D eigenvalue weighted by Crippen LogP contribution is 2.39. The van der Waals surface area contributed by atoms with Gasteiger partial charge in [-0.05, 0) is 25.8 Å². The van der Waals surface area contributed by atoms with Gasteiger partial charge in [0.1, 0.15) is 11.2 Å². The Hall–Kier alpha value is -1.56. The standard InChI is InChI=1S/C19H27FN2O2S/c1-13(2)11-17(23)21(14(3)4)9-10-22-18(24)12-25-19(22)15-7-5-6-8-16(15)20/h5-8,13-14,19H,9-12H2,1-4H3. The summed E-state index contributed by atoms with van der Waals surface area (Å²) in [6.07, 6.45) is 0.498.